The van der Waals surface area contributed by atoms with Gasteiger partial charge in [-0.1, -0.05) is 13.0 Å². The van der Waals surface area contributed by atoms with Crippen LogP contribution in [0.3, 0.4) is 0 Å². The summed E-state index contributed by atoms with van der Waals surface area (Å²) in [7, 11) is 1.30. The highest BCUT2D eigenvalue weighted by molar-refractivity contribution is 5.71. The zero-order valence-electron chi connectivity index (χ0n) is 9.87. The smallest absolute Gasteiger partial charge is 0.319 e. The number of nitrogens with zero attached hydrogens (tertiary/aromatic N) is 1. The van der Waals surface area contributed by atoms with Crippen molar-refractivity contribution >= 4 is 5.97 Å². The van der Waals surface area contributed by atoms with Crippen LogP contribution in [0.1, 0.15) is 12.5 Å². The number of hydrogen-bond donors (Lipinski definition) is 0. The molecule has 1 aromatic carbocycles. The van der Waals surface area contributed by atoms with Gasteiger partial charge in [0.15, 0.2) is 0 Å². The van der Waals surface area contributed by atoms with E-state index in [0.29, 0.717) is 12.1 Å². The predicted molar refractivity (Wildman–Crippen MR) is 59.3 cm³/mol. The molecule has 94 valence electrons. The quantitative estimate of drug-likeness (QED) is 0.740. The molecule has 1 rings (SSSR count). The topological polar surface area (TPSA) is 29.5 Å². The van der Waals surface area contributed by atoms with Crippen LogP contribution in [0, 0.1) is 11.6 Å². The third-order valence-electron chi connectivity index (χ3n) is 2.44. The third kappa shape index (κ3) is 4.11. The highest BCUT2D eigenvalue weighted by atomic mass is 19.1. The van der Waals surface area contributed by atoms with Gasteiger partial charge in [0.25, 0.3) is 0 Å². The van der Waals surface area contributed by atoms with Gasteiger partial charge >= 0.3 is 5.97 Å². The average Bonchev–Trinajstić information content (AvgIpc) is 2.31. The summed E-state index contributed by atoms with van der Waals surface area (Å²) in [6, 6.07) is 3.41. The Labute approximate surface area is 99.0 Å². The first-order valence-corrected chi connectivity index (χ1v) is 5.30. The molecule has 0 heterocycles. The van der Waals surface area contributed by atoms with E-state index in [9.17, 15) is 13.6 Å². The molecule has 0 unspecified atom stereocenters. The molecule has 0 radical (unpaired) electrons. The minimum Gasteiger partial charge on any atom is -0.468 e. The van der Waals surface area contributed by atoms with Crippen molar-refractivity contribution < 1.29 is 18.3 Å². The lowest BCUT2D eigenvalue weighted by Crippen LogP contribution is -2.30. The van der Waals surface area contributed by atoms with Gasteiger partial charge in [-0.2, -0.15) is 0 Å². The monoisotopic (exact) mass is 243 g/mol. The standard InChI is InChI=1S/C12H15F2NO2/c1-3-15(8-12(16)17-2)7-9-4-5-10(13)6-11(9)14/h4-6H,3,7-8H2,1-2H3. The number of benzene rings is 1. The van der Waals surface area contributed by atoms with Crippen LogP contribution < -0.4 is 0 Å². The summed E-state index contributed by atoms with van der Waals surface area (Å²) in [4.78, 5) is 12.8. The summed E-state index contributed by atoms with van der Waals surface area (Å²) < 4.78 is 30.6. The molecule has 0 atom stereocenters. The molecular weight excluding hydrogens is 228 g/mol. The molecule has 5 heteroatoms. The van der Waals surface area contributed by atoms with Gasteiger partial charge in [0.05, 0.1) is 13.7 Å². The number of carbonyl (C=O) groups excluding carboxylic acids is 1. The Hall–Kier alpha value is -1.49. The summed E-state index contributed by atoms with van der Waals surface area (Å²) in [5.74, 6) is -1.59. The van der Waals surface area contributed by atoms with E-state index < -0.39 is 11.6 Å². The maximum absolute atomic E-state index is 13.4. The number of hydrogen-bond acceptors (Lipinski definition) is 3. The Balaban J connectivity index is 2.70. The first-order valence-electron chi connectivity index (χ1n) is 5.30. The van der Waals surface area contributed by atoms with Crippen molar-refractivity contribution in [2.45, 2.75) is 13.5 Å². The van der Waals surface area contributed by atoms with Crippen LogP contribution in [0.2, 0.25) is 0 Å². The number of halogens is 2. The van der Waals surface area contributed by atoms with Crippen molar-refractivity contribution in [1.82, 2.24) is 4.90 Å². The van der Waals surface area contributed by atoms with Gasteiger partial charge < -0.3 is 4.74 Å². The van der Waals surface area contributed by atoms with Crippen LogP contribution in [-0.4, -0.2) is 31.1 Å². The minimum atomic E-state index is -0.609. The van der Waals surface area contributed by atoms with Crippen molar-refractivity contribution in [3.8, 4) is 0 Å². The fourth-order valence-electron chi connectivity index (χ4n) is 1.42. The average molecular weight is 243 g/mol. The first kappa shape index (κ1) is 13.6. The molecule has 0 N–H and O–H groups in total. The van der Waals surface area contributed by atoms with Gasteiger partial charge in [0.2, 0.25) is 0 Å². The number of carbonyl (C=O) groups is 1. The lowest BCUT2D eigenvalue weighted by molar-refractivity contribution is -0.142. The second kappa shape index (κ2) is 6.30. The van der Waals surface area contributed by atoms with Crippen LogP contribution in [0.5, 0.6) is 0 Å². The molecule has 0 aliphatic rings. The SMILES string of the molecule is CCN(CC(=O)OC)Cc1ccc(F)cc1F. The van der Waals surface area contributed by atoms with Gasteiger partial charge in [-0.25, -0.2) is 8.78 Å². The lowest BCUT2D eigenvalue weighted by Gasteiger charge is -2.19. The largest absolute Gasteiger partial charge is 0.468 e. The molecule has 3 nitrogen and oxygen atoms in total. The molecule has 0 amide bonds. The van der Waals surface area contributed by atoms with E-state index in [1.165, 1.54) is 19.2 Å². The highest BCUT2D eigenvalue weighted by Gasteiger charge is 2.12. The maximum Gasteiger partial charge on any atom is 0.319 e. The lowest BCUT2D eigenvalue weighted by atomic mass is 10.2. The first-order chi connectivity index (χ1) is 8.06. The molecule has 0 saturated heterocycles. The summed E-state index contributed by atoms with van der Waals surface area (Å²) in [5.41, 5.74) is 0.358. The normalized spacial score (nSPS) is 10.6. The van der Waals surface area contributed by atoms with Gasteiger partial charge in [-0.3, -0.25) is 9.69 Å². The van der Waals surface area contributed by atoms with Crippen molar-refractivity contribution in [2.75, 3.05) is 20.2 Å². The Bertz CT molecular complexity index is 396. The zero-order chi connectivity index (χ0) is 12.8. The van der Waals surface area contributed by atoms with Gasteiger partial charge in [0.1, 0.15) is 11.6 Å². The molecule has 1 aromatic rings. The number of methoxy groups -OCH3 is 1. The van der Waals surface area contributed by atoms with E-state index in [1.54, 1.807) is 4.90 Å². The number of likely N-dealkylation sites (N-methyl/N-ethyl adjacent to an activating group) is 1. The number of rotatable bonds is 5. The molecule has 0 spiro atoms. The van der Waals surface area contributed by atoms with E-state index in [2.05, 4.69) is 4.74 Å². The molecule has 0 aliphatic carbocycles. The number of esters is 1. The number of ether oxygens (including phenoxy) is 1. The van der Waals surface area contributed by atoms with Crippen molar-refractivity contribution in [3.63, 3.8) is 0 Å². The summed E-state index contributed by atoms with van der Waals surface area (Å²) in [6.45, 7) is 2.76. The van der Waals surface area contributed by atoms with E-state index >= 15 is 0 Å². The van der Waals surface area contributed by atoms with Crippen molar-refractivity contribution in [1.29, 1.82) is 0 Å². The zero-order valence-corrected chi connectivity index (χ0v) is 9.87. The maximum atomic E-state index is 13.4. The van der Waals surface area contributed by atoms with Crippen LogP contribution in [0.4, 0.5) is 8.78 Å². The molecule has 0 aromatic heterocycles. The van der Waals surface area contributed by atoms with Crippen molar-refractivity contribution in [2.24, 2.45) is 0 Å². The van der Waals surface area contributed by atoms with Gasteiger partial charge in [-0.05, 0) is 12.6 Å². The molecule has 0 aliphatic heterocycles. The van der Waals surface area contributed by atoms with E-state index in [4.69, 9.17) is 0 Å². The van der Waals surface area contributed by atoms with Gasteiger partial charge in [0, 0.05) is 18.2 Å². The highest BCUT2D eigenvalue weighted by Crippen LogP contribution is 2.12. The Kier molecular flexibility index (Phi) is 5.03. The molecule has 17 heavy (non-hydrogen) atoms. The van der Waals surface area contributed by atoms with Crippen molar-refractivity contribution in [3.05, 3.63) is 35.4 Å². The van der Waals surface area contributed by atoms with Crippen LogP contribution in [-0.2, 0) is 16.1 Å². The molecule has 0 fully saturated rings. The molecule has 0 saturated carbocycles. The fourth-order valence-corrected chi connectivity index (χ4v) is 1.42. The minimum absolute atomic E-state index is 0.0871. The summed E-state index contributed by atoms with van der Waals surface area (Å²) in [6.07, 6.45) is 0. The third-order valence-corrected chi connectivity index (χ3v) is 2.44. The van der Waals surface area contributed by atoms with Crippen LogP contribution >= 0.6 is 0 Å². The fraction of sp³-hybridized carbons (Fsp3) is 0.417. The van der Waals surface area contributed by atoms with E-state index in [0.717, 1.165) is 6.07 Å². The van der Waals surface area contributed by atoms with Crippen LogP contribution in [0.25, 0.3) is 0 Å². The second-order valence-corrected chi connectivity index (χ2v) is 3.62. The Morgan fingerprint density at radius 2 is 2.12 bits per heavy atom. The summed E-state index contributed by atoms with van der Waals surface area (Å²) >= 11 is 0. The molecular formula is C12H15F2NO2. The van der Waals surface area contributed by atoms with Gasteiger partial charge in [-0.15, -0.1) is 0 Å². The Morgan fingerprint density at radius 3 is 2.65 bits per heavy atom. The molecule has 0 bridgehead atoms. The van der Waals surface area contributed by atoms with Crippen LogP contribution in [0.15, 0.2) is 18.2 Å². The summed E-state index contributed by atoms with van der Waals surface area (Å²) in [5, 5.41) is 0. The van der Waals surface area contributed by atoms with E-state index in [1.807, 2.05) is 6.92 Å². The van der Waals surface area contributed by atoms with E-state index in [-0.39, 0.29) is 19.1 Å². The Morgan fingerprint density at radius 1 is 1.41 bits per heavy atom. The second-order valence-electron chi connectivity index (χ2n) is 3.62. The predicted octanol–water partition coefficient (Wildman–Crippen LogP) is 1.96.